The van der Waals surface area contributed by atoms with E-state index in [2.05, 4.69) is 29.8 Å². The van der Waals surface area contributed by atoms with Crippen molar-refractivity contribution in [3.63, 3.8) is 0 Å². The number of alkyl halides is 1. The highest BCUT2D eigenvalue weighted by molar-refractivity contribution is 9.09. The Morgan fingerprint density at radius 2 is 1.87 bits per heavy atom. The molecule has 0 saturated heterocycles. The van der Waals surface area contributed by atoms with Crippen LogP contribution < -0.4 is 0 Å². The van der Waals surface area contributed by atoms with E-state index in [0.29, 0.717) is 0 Å². The lowest BCUT2D eigenvalue weighted by Crippen LogP contribution is -2.21. The van der Waals surface area contributed by atoms with Gasteiger partial charge in [0.2, 0.25) is 0 Å². The summed E-state index contributed by atoms with van der Waals surface area (Å²) in [5.74, 6) is -0.158. The zero-order valence-electron chi connectivity index (χ0n) is 9.39. The Hall–Kier alpha value is -0.370. The molecule has 0 aromatic heterocycles. The number of rotatable bonds is 5. The summed E-state index contributed by atoms with van der Waals surface area (Å²) >= 11 is 3.57. The Morgan fingerprint density at radius 3 is 2.33 bits per heavy atom. The maximum absolute atomic E-state index is 12.7. The standard InChI is InChI=1S/C13H18BrF/c1-3-8-13(2,10-14)9-11-4-6-12(15)7-5-11/h4-7H,3,8-10H2,1-2H3. The molecular formula is C13H18BrF. The van der Waals surface area contributed by atoms with E-state index in [-0.39, 0.29) is 11.2 Å². The molecule has 0 N–H and O–H groups in total. The fraction of sp³-hybridized carbons (Fsp3) is 0.538. The minimum absolute atomic E-state index is 0.158. The molecule has 0 nitrogen and oxygen atoms in total. The topological polar surface area (TPSA) is 0 Å². The van der Waals surface area contributed by atoms with Crippen LogP contribution in [0.5, 0.6) is 0 Å². The van der Waals surface area contributed by atoms with Gasteiger partial charge in [0.15, 0.2) is 0 Å². The predicted octanol–water partition coefficient (Wildman–Crippen LogP) is 4.57. The number of halogens is 2. The maximum Gasteiger partial charge on any atom is 0.123 e. The van der Waals surface area contributed by atoms with Gasteiger partial charge in [-0.15, -0.1) is 0 Å². The normalized spacial score (nSPS) is 14.9. The van der Waals surface area contributed by atoms with Gasteiger partial charge in [0.1, 0.15) is 5.82 Å². The quantitative estimate of drug-likeness (QED) is 0.689. The van der Waals surface area contributed by atoms with Crippen LogP contribution in [0.15, 0.2) is 24.3 Å². The zero-order valence-corrected chi connectivity index (χ0v) is 11.0. The Balaban J connectivity index is 2.70. The van der Waals surface area contributed by atoms with Crippen LogP contribution in [0.2, 0.25) is 0 Å². The second kappa shape index (κ2) is 5.64. The average Bonchev–Trinajstić information content (AvgIpc) is 2.22. The lowest BCUT2D eigenvalue weighted by molar-refractivity contribution is 0.340. The number of hydrogen-bond donors (Lipinski definition) is 0. The van der Waals surface area contributed by atoms with Crippen LogP contribution in [0.4, 0.5) is 4.39 Å². The molecule has 15 heavy (non-hydrogen) atoms. The van der Waals surface area contributed by atoms with Gasteiger partial charge in [-0.3, -0.25) is 0 Å². The molecule has 0 radical (unpaired) electrons. The third-order valence-corrected chi connectivity index (χ3v) is 4.07. The van der Waals surface area contributed by atoms with E-state index in [4.69, 9.17) is 0 Å². The van der Waals surface area contributed by atoms with Crippen LogP contribution in [0.1, 0.15) is 32.3 Å². The molecule has 0 aliphatic heterocycles. The molecule has 0 aliphatic rings. The molecule has 0 spiro atoms. The highest BCUT2D eigenvalue weighted by Crippen LogP contribution is 2.30. The summed E-state index contributed by atoms with van der Waals surface area (Å²) in [7, 11) is 0. The lowest BCUT2D eigenvalue weighted by atomic mass is 9.82. The van der Waals surface area contributed by atoms with Crippen molar-refractivity contribution in [2.45, 2.75) is 33.1 Å². The summed E-state index contributed by atoms with van der Waals surface area (Å²) in [5.41, 5.74) is 1.50. The summed E-state index contributed by atoms with van der Waals surface area (Å²) < 4.78 is 12.7. The second-order valence-corrected chi connectivity index (χ2v) is 5.06. The number of benzene rings is 1. The Kier molecular flexibility index (Phi) is 4.78. The van der Waals surface area contributed by atoms with Gasteiger partial charge in [0.05, 0.1) is 0 Å². The second-order valence-electron chi connectivity index (χ2n) is 4.50. The molecule has 2 heteroatoms. The number of hydrogen-bond acceptors (Lipinski definition) is 0. The lowest BCUT2D eigenvalue weighted by Gasteiger charge is -2.27. The fourth-order valence-electron chi connectivity index (χ4n) is 1.90. The van der Waals surface area contributed by atoms with E-state index in [1.54, 1.807) is 0 Å². The van der Waals surface area contributed by atoms with E-state index in [1.807, 2.05) is 12.1 Å². The van der Waals surface area contributed by atoms with E-state index in [9.17, 15) is 4.39 Å². The van der Waals surface area contributed by atoms with Gasteiger partial charge in [-0.2, -0.15) is 0 Å². The summed E-state index contributed by atoms with van der Waals surface area (Å²) in [6.07, 6.45) is 3.38. The Bertz CT molecular complexity index is 294. The van der Waals surface area contributed by atoms with Gasteiger partial charge < -0.3 is 0 Å². The summed E-state index contributed by atoms with van der Waals surface area (Å²) in [5, 5.41) is 0.991. The van der Waals surface area contributed by atoms with Crippen LogP contribution in [-0.4, -0.2) is 5.33 Å². The van der Waals surface area contributed by atoms with E-state index >= 15 is 0 Å². The van der Waals surface area contributed by atoms with Crippen molar-refractivity contribution in [1.29, 1.82) is 0 Å². The van der Waals surface area contributed by atoms with Gasteiger partial charge in [0.25, 0.3) is 0 Å². The van der Waals surface area contributed by atoms with Crippen LogP contribution in [0, 0.1) is 11.2 Å². The van der Waals surface area contributed by atoms with Gasteiger partial charge >= 0.3 is 0 Å². The molecule has 0 saturated carbocycles. The fourth-order valence-corrected chi connectivity index (χ4v) is 2.38. The van der Waals surface area contributed by atoms with Crippen molar-refractivity contribution < 1.29 is 4.39 Å². The van der Waals surface area contributed by atoms with Crippen molar-refractivity contribution in [2.24, 2.45) is 5.41 Å². The smallest absolute Gasteiger partial charge is 0.123 e. The van der Waals surface area contributed by atoms with Crippen LogP contribution >= 0.6 is 15.9 Å². The van der Waals surface area contributed by atoms with Gasteiger partial charge in [-0.05, 0) is 36.0 Å². The predicted molar refractivity (Wildman–Crippen MR) is 66.9 cm³/mol. The molecule has 1 rings (SSSR count). The van der Waals surface area contributed by atoms with Crippen LogP contribution in [0.3, 0.4) is 0 Å². The van der Waals surface area contributed by atoms with Crippen molar-refractivity contribution in [2.75, 3.05) is 5.33 Å². The van der Waals surface area contributed by atoms with Crippen molar-refractivity contribution in [3.05, 3.63) is 35.6 Å². The van der Waals surface area contributed by atoms with Gasteiger partial charge in [-0.1, -0.05) is 48.3 Å². The molecule has 0 aliphatic carbocycles. The SMILES string of the molecule is CCCC(C)(CBr)Cc1ccc(F)cc1. The first-order valence-corrected chi connectivity index (χ1v) is 6.52. The highest BCUT2D eigenvalue weighted by Gasteiger charge is 2.22. The molecule has 1 aromatic rings. The van der Waals surface area contributed by atoms with Crippen molar-refractivity contribution >= 4 is 15.9 Å². The Morgan fingerprint density at radius 1 is 1.27 bits per heavy atom. The van der Waals surface area contributed by atoms with Crippen LogP contribution in [0.25, 0.3) is 0 Å². The molecule has 1 aromatic carbocycles. The molecule has 1 unspecified atom stereocenters. The molecule has 0 fully saturated rings. The molecular weight excluding hydrogens is 255 g/mol. The molecule has 1 atom stereocenters. The van der Waals surface area contributed by atoms with Gasteiger partial charge in [-0.25, -0.2) is 4.39 Å². The van der Waals surface area contributed by atoms with E-state index < -0.39 is 0 Å². The zero-order chi connectivity index (χ0) is 11.3. The first-order valence-electron chi connectivity index (χ1n) is 5.40. The van der Waals surface area contributed by atoms with E-state index in [0.717, 1.165) is 11.8 Å². The van der Waals surface area contributed by atoms with Crippen molar-refractivity contribution in [3.8, 4) is 0 Å². The first kappa shape index (κ1) is 12.7. The van der Waals surface area contributed by atoms with Crippen LogP contribution in [-0.2, 0) is 6.42 Å². The largest absolute Gasteiger partial charge is 0.207 e. The molecule has 0 amide bonds. The molecule has 0 bridgehead atoms. The summed E-state index contributed by atoms with van der Waals surface area (Å²) in [6, 6.07) is 6.84. The Labute approximate surface area is 100 Å². The molecule has 84 valence electrons. The first-order chi connectivity index (χ1) is 7.09. The minimum Gasteiger partial charge on any atom is -0.207 e. The third kappa shape index (κ3) is 3.94. The molecule has 0 heterocycles. The summed E-state index contributed by atoms with van der Waals surface area (Å²) in [6.45, 7) is 4.47. The average molecular weight is 273 g/mol. The third-order valence-electron chi connectivity index (χ3n) is 2.72. The minimum atomic E-state index is -0.158. The monoisotopic (exact) mass is 272 g/mol. The van der Waals surface area contributed by atoms with Crippen molar-refractivity contribution in [1.82, 2.24) is 0 Å². The summed E-state index contributed by atoms with van der Waals surface area (Å²) in [4.78, 5) is 0. The highest BCUT2D eigenvalue weighted by atomic mass is 79.9. The van der Waals surface area contributed by atoms with E-state index in [1.165, 1.54) is 30.5 Å². The van der Waals surface area contributed by atoms with Gasteiger partial charge in [0, 0.05) is 5.33 Å². The maximum atomic E-state index is 12.7.